The van der Waals surface area contributed by atoms with Gasteiger partial charge in [0, 0.05) is 6.42 Å². The van der Waals surface area contributed by atoms with Crippen molar-refractivity contribution in [3.05, 3.63) is 77.9 Å². The lowest BCUT2D eigenvalue weighted by atomic mass is 10.1. The molecule has 204 valence electrons. The van der Waals surface area contributed by atoms with Gasteiger partial charge in [-0.3, -0.25) is 4.79 Å². The quantitative estimate of drug-likeness (QED) is 0.119. The number of rotatable bonds is 18. The molecule has 0 unspecified atom stereocenters. The predicted molar refractivity (Wildman–Crippen MR) is 151 cm³/mol. The molecule has 0 aliphatic heterocycles. The van der Waals surface area contributed by atoms with Gasteiger partial charge in [0.05, 0.1) is 0 Å². The highest BCUT2D eigenvalue weighted by molar-refractivity contribution is 5.90. The van der Waals surface area contributed by atoms with E-state index in [0.29, 0.717) is 13.0 Å². The molecule has 0 fully saturated rings. The van der Waals surface area contributed by atoms with Crippen molar-refractivity contribution in [1.29, 1.82) is 0 Å². The number of aromatic hydroxyl groups is 1. The van der Waals surface area contributed by atoms with Crippen LogP contribution in [0.2, 0.25) is 0 Å². The van der Waals surface area contributed by atoms with Gasteiger partial charge in [-0.1, -0.05) is 113 Å². The zero-order chi connectivity index (χ0) is 27.0. The third-order valence-corrected chi connectivity index (χ3v) is 6.02. The first-order chi connectivity index (χ1) is 18.0. The van der Waals surface area contributed by atoms with Crippen LogP contribution in [0.15, 0.2) is 66.7 Å². The van der Waals surface area contributed by atoms with Gasteiger partial charge >= 0.3 is 11.9 Å². The molecule has 2 rings (SSSR count). The number of allylic oxidation sites excluding steroid dienone is 2. The fourth-order valence-corrected chi connectivity index (χ4v) is 3.80. The minimum absolute atomic E-state index is 0.0671. The molecular formula is C32H46O5. The van der Waals surface area contributed by atoms with E-state index in [1.807, 2.05) is 30.3 Å². The van der Waals surface area contributed by atoms with Crippen LogP contribution in [0.4, 0.5) is 0 Å². The van der Waals surface area contributed by atoms with E-state index in [4.69, 9.17) is 14.9 Å². The lowest BCUT2D eigenvalue weighted by Gasteiger charge is -2.05. The number of benzene rings is 2. The number of hydrogen-bond acceptors (Lipinski definition) is 4. The van der Waals surface area contributed by atoms with Crippen LogP contribution in [0.1, 0.15) is 113 Å². The standard InChI is InChI=1S/C25H40O2.C7H6O3/c1-2-3-4-5-6-7-8-9-10-11-12-13-14-15-19-22-25(26)27-23-24-20-17-16-18-21-24;8-6-4-2-1-3-5(6)7(9)10/h9-10,16-18,20-21H,2-8,11-15,19,22-23H2,1H3;1-4,8H,(H,9,10)/b10-9-;. The third-order valence-electron chi connectivity index (χ3n) is 6.02. The monoisotopic (exact) mass is 510 g/mol. The van der Waals surface area contributed by atoms with Crippen molar-refractivity contribution in [3.63, 3.8) is 0 Å². The summed E-state index contributed by atoms with van der Waals surface area (Å²) in [4.78, 5) is 22.0. The maximum absolute atomic E-state index is 11.7. The maximum Gasteiger partial charge on any atom is 0.339 e. The molecule has 0 radical (unpaired) electrons. The van der Waals surface area contributed by atoms with E-state index in [9.17, 15) is 9.59 Å². The van der Waals surface area contributed by atoms with Crippen molar-refractivity contribution in [2.75, 3.05) is 0 Å². The Labute approximate surface area is 223 Å². The number of carbonyl (C=O) groups excluding carboxylic acids is 1. The number of ether oxygens (including phenoxy) is 1. The summed E-state index contributed by atoms with van der Waals surface area (Å²) in [6, 6.07) is 15.7. The number of aromatic carboxylic acids is 1. The number of esters is 1. The van der Waals surface area contributed by atoms with Crippen LogP contribution in [-0.2, 0) is 16.1 Å². The van der Waals surface area contributed by atoms with E-state index in [1.165, 1.54) is 82.8 Å². The highest BCUT2D eigenvalue weighted by Crippen LogP contribution is 2.14. The first kappa shape index (κ1) is 31.9. The molecule has 0 atom stereocenters. The van der Waals surface area contributed by atoms with E-state index < -0.39 is 5.97 Å². The molecule has 5 nitrogen and oxygen atoms in total. The zero-order valence-corrected chi connectivity index (χ0v) is 22.6. The fraction of sp³-hybridized carbons (Fsp3) is 0.500. The summed E-state index contributed by atoms with van der Waals surface area (Å²) in [5, 5.41) is 17.3. The highest BCUT2D eigenvalue weighted by Gasteiger charge is 2.06. The highest BCUT2D eigenvalue weighted by atomic mass is 16.5. The Kier molecular flexibility index (Phi) is 19.1. The second-order valence-corrected chi connectivity index (χ2v) is 9.30. The maximum atomic E-state index is 11.7. The average Bonchev–Trinajstić information content (AvgIpc) is 2.91. The van der Waals surface area contributed by atoms with E-state index in [-0.39, 0.29) is 17.3 Å². The molecule has 0 spiro atoms. The van der Waals surface area contributed by atoms with Gasteiger partial charge in [0.1, 0.15) is 17.9 Å². The van der Waals surface area contributed by atoms with Crippen LogP contribution in [0.5, 0.6) is 5.75 Å². The summed E-state index contributed by atoms with van der Waals surface area (Å²) in [6.07, 6.45) is 21.8. The van der Waals surface area contributed by atoms with Gasteiger partial charge in [0.2, 0.25) is 0 Å². The van der Waals surface area contributed by atoms with Crippen molar-refractivity contribution >= 4 is 11.9 Å². The van der Waals surface area contributed by atoms with E-state index >= 15 is 0 Å². The van der Waals surface area contributed by atoms with Gasteiger partial charge in [-0.05, 0) is 49.8 Å². The van der Waals surface area contributed by atoms with Crippen molar-refractivity contribution in [2.24, 2.45) is 0 Å². The zero-order valence-electron chi connectivity index (χ0n) is 22.6. The second kappa shape index (κ2) is 22.1. The number of hydrogen-bond donors (Lipinski definition) is 2. The summed E-state index contributed by atoms with van der Waals surface area (Å²) < 4.78 is 5.30. The molecule has 2 aromatic carbocycles. The molecule has 0 aromatic heterocycles. The number of carboxylic acids is 1. The molecule has 37 heavy (non-hydrogen) atoms. The van der Waals surface area contributed by atoms with Gasteiger partial charge in [0.25, 0.3) is 0 Å². The normalized spacial score (nSPS) is 10.6. The van der Waals surface area contributed by atoms with E-state index in [2.05, 4.69) is 19.1 Å². The van der Waals surface area contributed by atoms with Crippen molar-refractivity contribution in [1.82, 2.24) is 0 Å². The van der Waals surface area contributed by atoms with Crippen molar-refractivity contribution < 1.29 is 24.5 Å². The average molecular weight is 511 g/mol. The molecule has 2 N–H and O–H groups in total. The summed E-state index contributed by atoms with van der Waals surface area (Å²) in [7, 11) is 0. The molecule has 0 saturated heterocycles. The van der Waals surface area contributed by atoms with Crippen LogP contribution in [0.25, 0.3) is 0 Å². The molecule has 0 amide bonds. The fourth-order valence-electron chi connectivity index (χ4n) is 3.80. The summed E-state index contributed by atoms with van der Waals surface area (Å²) in [5.41, 5.74) is 0.984. The largest absolute Gasteiger partial charge is 0.507 e. The second-order valence-electron chi connectivity index (χ2n) is 9.30. The van der Waals surface area contributed by atoms with Crippen LogP contribution in [-0.4, -0.2) is 22.2 Å². The van der Waals surface area contributed by atoms with E-state index in [1.54, 1.807) is 12.1 Å². The molecule has 0 bridgehead atoms. The van der Waals surface area contributed by atoms with Gasteiger partial charge in [0.15, 0.2) is 0 Å². The number of unbranched alkanes of at least 4 members (excludes halogenated alkanes) is 11. The van der Waals surface area contributed by atoms with Crippen LogP contribution in [0.3, 0.4) is 0 Å². The molecule has 2 aromatic rings. The third kappa shape index (κ3) is 17.9. The molecule has 0 aliphatic rings. The molecular weight excluding hydrogens is 464 g/mol. The van der Waals surface area contributed by atoms with E-state index in [0.717, 1.165) is 18.4 Å². The lowest BCUT2D eigenvalue weighted by Crippen LogP contribution is -2.04. The summed E-state index contributed by atoms with van der Waals surface area (Å²) in [5.74, 6) is -1.38. The van der Waals surface area contributed by atoms with Gasteiger partial charge < -0.3 is 14.9 Å². The van der Waals surface area contributed by atoms with Crippen LogP contribution >= 0.6 is 0 Å². The Bertz CT molecular complexity index is 876. The smallest absolute Gasteiger partial charge is 0.339 e. The molecule has 0 aliphatic carbocycles. The number of carboxylic acid groups (broad SMARTS) is 1. The molecule has 0 heterocycles. The SMILES string of the molecule is CCCCCCCC/C=C\CCCCCCCC(=O)OCc1ccccc1.O=C(O)c1ccccc1O. The minimum Gasteiger partial charge on any atom is -0.507 e. The van der Waals surface area contributed by atoms with Crippen LogP contribution in [0, 0.1) is 0 Å². The lowest BCUT2D eigenvalue weighted by molar-refractivity contribution is -0.145. The minimum atomic E-state index is -1.11. The first-order valence-corrected chi connectivity index (χ1v) is 13.9. The van der Waals surface area contributed by atoms with Gasteiger partial charge in [-0.15, -0.1) is 0 Å². The molecule has 5 heteroatoms. The Morgan fingerprint density at radius 1 is 0.730 bits per heavy atom. The van der Waals surface area contributed by atoms with Crippen LogP contribution < -0.4 is 0 Å². The topological polar surface area (TPSA) is 83.8 Å². The molecule has 0 saturated carbocycles. The number of carbonyl (C=O) groups is 2. The summed E-state index contributed by atoms with van der Waals surface area (Å²) >= 11 is 0. The van der Waals surface area contributed by atoms with Gasteiger partial charge in [-0.25, -0.2) is 4.79 Å². The Morgan fingerprint density at radius 2 is 1.27 bits per heavy atom. The Hall–Kier alpha value is -3.08. The van der Waals surface area contributed by atoms with Crippen molar-refractivity contribution in [3.8, 4) is 5.75 Å². The first-order valence-electron chi connectivity index (χ1n) is 13.9. The Balaban J connectivity index is 0.000000568. The number of para-hydroxylation sites is 1. The summed E-state index contributed by atoms with van der Waals surface area (Å²) in [6.45, 7) is 2.66. The number of phenols is 1. The van der Waals surface area contributed by atoms with Crippen molar-refractivity contribution in [2.45, 2.75) is 103 Å². The predicted octanol–water partition coefficient (Wildman–Crippen LogP) is 8.86. The van der Waals surface area contributed by atoms with Gasteiger partial charge in [-0.2, -0.15) is 0 Å². The Morgan fingerprint density at radius 3 is 1.84 bits per heavy atom.